The molecule has 0 saturated carbocycles. The number of pyridine rings is 1. The standard InChI is InChI=1S/C17H11NS/c1-2-7-16-13(5-1)14-11-12(8-9-17(14)19-16)15-6-3-4-10-18-15/h1-11H/i3D,4D,6D,10D. The van der Waals surface area contributed by atoms with Gasteiger partial charge in [0.05, 0.1) is 11.2 Å². The van der Waals surface area contributed by atoms with Gasteiger partial charge in [0.1, 0.15) is 0 Å². The second kappa shape index (κ2) is 4.18. The molecule has 0 atom stereocenters. The van der Waals surface area contributed by atoms with Gasteiger partial charge in [-0.3, -0.25) is 4.98 Å². The third kappa shape index (κ3) is 1.72. The number of rotatable bonds is 1. The van der Waals surface area contributed by atoms with Crippen molar-refractivity contribution < 1.29 is 5.48 Å². The molecular formula is C17H11NS. The molecule has 0 N–H and O–H groups in total. The highest BCUT2D eigenvalue weighted by Crippen LogP contribution is 2.35. The van der Waals surface area contributed by atoms with E-state index in [1.54, 1.807) is 11.3 Å². The van der Waals surface area contributed by atoms with Gasteiger partial charge in [-0.15, -0.1) is 11.3 Å². The molecule has 1 nitrogen and oxygen atoms in total. The van der Waals surface area contributed by atoms with E-state index in [1.165, 1.54) is 4.70 Å². The zero-order chi connectivity index (χ0) is 16.1. The highest BCUT2D eigenvalue weighted by Gasteiger charge is 2.06. The van der Waals surface area contributed by atoms with Gasteiger partial charge in [-0.2, -0.15) is 0 Å². The van der Waals surface area contributed by atoms with E-state index in [0.29, 0.717) is 5.56 Å². The maximum atomic E-state index is 8.05. The van der Waals surface area contributed by atoms with Crippen LogP contribution in [0.1, 0.15) is 5.48 Å². The Balaban J connectivity index is 2.01. The summed E-state index contributed by atoms with van der Waals surface area (Å²) in [5.74, 6) is 0. The van der Waals surface area contributed by atoms with Crippen LogP contribution < -0.4 is 0 Å². The number of nitrogens with zero attached hydrogens (tertiary/aromatic N) is 1. The molecule has 4 rings (SSSR count). The number of benzene rings is 2. The van der Waals surface area contributed by atoms with Gasteiger partial charge >= 0.3 is 0 Å². The molecular weight excluding hydrogens is 250 g/mol. The molecule has 0 unspecified atom stereocenters. The van der Waals surface area contributed by atoms with Crippen LogP contribution in [0, 0.1) is 0 Å². The number of fused-ring (bicyclic) bond motifs is 3. The van der Waals surface area contributed by atoms with Crippen molar-refractivity contribution in [3.8, 4) is 11.3 Å². The van der Waals surface area contributed by atoms with Crippen LogP contribution in [0.25, 0.3) is 31.4 Å². The molecule has 0 saturated heterocycles. The normalized spacial score (nSPS) is 14.1. The van der Waals surface area contributed by atoms with Crippen molar-refractivity contribution in [2.75, 3.05) is 0 Å². The van der Waals surface area contributed by atoms with Crippen molar-refractivity contribution in [1.82, 2.24) is 4.98 Å². The smallest absolute Gasteiger partial charge is 0.0840 e. The summed E-state index contributed by atoms with van der Waals surface area (Å²) >= 11 is 1.71. The number of aromatic nitrogens is 1. The molecule has 0 radical (unpaired) electrons. The summed E-state index contributed by atoms with van der Waals surface area (Å²) in [6, 6.07) is 13.3. The van der Waals surface area contributed by atoms with Crippen molar-refractivity contribution in [3.05, 3.63) is 66.8 Å². The first-order valence-corrected chi connectivity index (χ1v) is 6.74. The van der Waals surface area contributed by atoms with Crippen LogP contribution in [-0.4, -0.2) is 4.98 Å². The largest absolute Gasteiger partial charge is 0.256 e. The Bertz CT molecular complexity index is 1070. The van der Waals surface area contributed by atoms with E-state index in [2.05, 4.69) is 17.1 Å². The van der Waals surface area contributed by atoms with Crippen LogP contribution in [0.5, 0.6) is 0 Å². The maximum absolute atomic E-state index is 8.05. The van der Waals surface area contributed by atoms with E-state index in [4.69, 9.17) is 5.48 Å². The number of hydrogen-bond donors (Lipinski definition) is 0. The van der Waals surface area contributed by atoms with Crippen molar-refractivity contribution in [2.45, 2.75) is 0 Å². The fourth-order valence-corrected chi connectivity index (χ4v) is 3.33. The van der Waals surface area contributed by atoms with Crippen molar-refractivity contribution in [3.63, 3.8) is 0 Å². The summed E-state index contributed by atoms with van der Waals surface area (Å²) in [5.41, 5.74) is 0.987. The highest BCUT2D eigenvalue weighted by atomic mass is 32.1. The molecule has 0 aliphatic rings. The first-order valence-electron chi connectivity index (χ1n) is 7.92. The molecule has 19 heavy (non-hydrogen) atoms. The zero-order valence-electron chi connectivity index (χ0n) is 13.9. The summed E-state index contributed by atoms with van der Waals surface area (Å²) in [7, 11) is 0. The Kier molecular flexibility index (Phi) is 1.63. The molecule has 0 bridgehead atoms. The lowest BCUT2D eigenvalue weighted by Crippen LogP contribution is -1.80. The molecule has 2 heterocycles. The summed E-state index contributed by atoms with van der Waals surface area (Å²) in [4.78, 5) is 4.05. The molecule has 0 aliphatic carbocycles. The molecule has 0 aliphatic heterocycles. The SMILES string of the molecule is [2H]c1nc(-c2ccc3sc4ccccc4c3c2)c([2H])c([2H])c1[2H]. The van der Waals surface area contributed by atoms with Crippen molar-refractivity contribution in [2.24, 2.45) is 0 Å². The average molecular weight is 265 g/mol. The van der Waals surface area contributed by atoms with Gasteiger partial charge in [0.25, 0.3) is 0 Å². The monoisotopic (exact) mass is 265 g/mol. The van der Waals surface area contributed by atoms with Gasteiger partial charge in [0.15, 0.2) is 0 Å². The first-order chi connectivity index (χ1) is 11.1. The maximum Gasteiger partial charge on any atom is 0.0840 e. The predicted molar refractivity (Wildman–Crippen MR) is 82.6 cm³/mol. The fourth-order valence-electron chi connectivity index (χ4n) is 2.24. The molecule has 2 heteroatoms. The van der Waals surface area contributed by atoms with E-state index in [9.17, 15) is 0 Å². The third-order valence-corrected chi connectivity index (χ3v) is 4.27. The Morgan fingerprint density at radius 3 is 2.84 bits per heavy atom. The van der Waals surface area contributed by atoms with Crippen LogP contribution in [0.2, 0.25) is 0 Å². The second-order valence-electron chi connectivity index (χ2n) is 4.26. The quantitative estimate of drug-likeness (QED) is 0.465. The Labute approximate surface area is 120 Å². The molecule has 4 aromatic rings. The lowest BCUT2D eigenvalue weighted by Gasteiger charge is -2.00. The zero-order valence-corrected chi connectivity index (χ0v) is 10.7. The van der Waals surface area contributed by atoms with Crippen molar-refractivity contribution >= 4 is 31.5 Å². The Hall–Kier alpha value is -2.19. The molecule has 90 valence electrons. The minimum Gasteiger partial charge on any atom is -0.256 e. The molecule has 0 spiro atoms. The Morgan fingerprint density at radius 2 is 1.84 bits per heavy atom. The first kappa shape index (κ1) is 7.41. The van der Waals surface area contributed by atoms with Crippen LogP contribution in [0.15, 0.2) is 66.8 Å². The van der Waals surface area contributed by atoms with Crippen LogP contribution in [0.3, 0.4) is 0 Å². The van der Waals surface area contributed by atoms with Gasteiger partial charge in [-0.25, -0.2) is 0 Å². The van der Waals surface area contributed by atoms with Crippen LogP contribution in [-0.2, 0) is 0 Å². The third-order valence-electron chi connectivity index (χ3n) is 3.12. The van der Waals surface area contributed by atoms with Gasteiger partial charge in [-0.05, 0) is 30.3 Å². The molecule has 0 fully saturated rings. The van der Waals surface area contributed by atoms with E-state index < -0.39 is 0 Å². The highest BCUT2D eigenvalue weighted by molar-refractivity contribution is 7.25. The lowest BCUT2D eigenvalue weighted by atomic mass is 10.1. The summed E-state index contributed by atoms with van der Waals surface area (Å²) in [6.07, 6.45) is -0.267. The minimum absolute atomic E-state index is 0.107. The predicted octanol–water partition coefficient (Wildman–Crippen LogP) is 5.12. The van der Waals surface area contributed by atoms with E-state index in [0.717, 1.165) is 15.5 Å². The van der Waals surface area contributed by atoms with Crippen LogP contribution >= 0.6 is 11.3 Å². The number of thiophene rings is 1. The topological polar surface area (TPSA) is 12.9 Å². The second-order valence-corrected chi connectivity index (χ2v) is 5.34. The van der Waals surface area contributed by atoms with Crippen molar-refractivity contribution in [1.29, 1.82) is 0 Å². The van der Waals surface area contributed by atoms with Crippen LogP contribution in [0.4, 0.5) is 0 Å². The van der Waals surface area contributed by atoms with E-state index >= 15 is 0 Å². The molecule has 0 amide bonds. The lowest BCUT2D eigenvalue weighted by molar-refractivity contribution is 1.33. The van der Waals surface area contributed by atoms with Gasteiger partial charge in [0, 0.05) is 31.9 Å². The summed E-state index contributed by atoms with van der Waals surface area (Å²) in [5, 5.41) is 2.23. The number of hydrogen-bond acceptors (Lipinski definition) is 2. The fraction of sp³-hybridized carbons (Fsp3) is 0. The van der Waals surface area contributed by atoms with Gasteiger partial charge in [-0.1, -0.05) is 30.3 Å². The minimum atomic E-state index is -0.305. The van der Waals surface area contributed by atoms with E-state index in [1.807, 2.05) is 30.3 Å². The molecule has 2 aromatic heterocycles. The summed E-state index contributed by atoms with van der Waals surface area (Å²) in [6.45, 7) is 0. The van der Waals surface area contributed by atoms with E-state index in [-0.39, 0.29) is 30.0 Å². The molecule has 2 aromatic carbocycles. The van der Waals surface area contributed by atoms with Gasteiger partial charge in [0.2, 0.25) is 0 Å². The van der Waals surface area contributed by atoms with Gasteiger partial charge < -0.3 is 0 Å². The summed E-state index contributed by atoms with van der Waals surface area (Å²) < 4.78 is 33.5. The average Bonchev–Trinajstić information content (AvgIpc) is 2.94. The Morgan fingerprint density at radius 1 is 0.947 bits per heavy atom.